The maximum Gasteiger partial charge on any atom is 0.281 e. The van der Waals surface area contributed by atoms with Gasteiger partial charge in [-0.3, -0.25) is 4.99 Å². The standard InChI is InChI=1S/C9H21N5O2S.HI/c1-13(2)17(15,16)14-6-4-3-5-8(14)7-12-9(10)11;/h8H,3-7H2,1-2H3,(H4,10,11,12);1H. The zero-order chi connectivity index (χ0) is 13.1. The highest BCUT2D eigenvalue weighted by atomic mass is 127. The van der Waals surface area contributed by atoms with Crippen molar-refractivity contribution < 1.29 is 8.42 Å². The molecule has 0 bridgehead atoms. The molecule has 0 aromatic heterocycles. The molecule has 0 aromatic carbocycles. The van der Waals surface area contributed by atoms with Crippen molar-refractivity contribution in [3.8, 4) is 0 Å². The van der Waals surface area contributed by atoms with Crippen LogP contribution >= 0.6 is 24.0 Å². The number of piperidine rings is 1. The highest BCUT2D eigenvalue weighted by Crippen LogP contribution is 2.21. The fraction of sp³-hybridized carbons (Fsp3) is 0.889. The Balaban J connectivity index is 0.00000289. The van der Waals surface area contributed by atoms with Crippen molar-refractivity contribution in [2.24, 2.45) is 16.5 Å². The number of nitrogens with zero attached hydrogens (tertiary/aromatic N) is 3. The van der Waals surface area contributed by atoms with Gasteiger partial charge in [0, 0.05) is 26.7 Å². The third-order valence-electron chi connectivity index (χ3n) is 2.82. The van der Waals surface area contributed by atoms with Gasteiger partial charge in [-0.25, -0.2) is 0 Å². The lowest BCUT2D eigenvalue weighted by molar-refractivity contribution is 0.245. The summed E-state index contributed by atoms with van der Waals surface area (Å²) in [5, 5.41) is 0. The highest BCUT2D eigenvalue weighted by molar-refractivity contribution is 14.0. The highest BCUT2D eigenvalue weighted by Gasteiger charge is 2.33. The van der Waals surface area contributed by atoms with Gasteiger partial charge in [0.15, 0.2) is 5.96 Å². The molecule has 0 aliphatic carbocycles. The van der Waals surface area contributed by atoms with E-state index in [9.17, 15) is 8.42 Å². The molecule has 1 aliphatic rings. The van der Waals surface area contributed by atoms with Crippen molar-refractivity contribution in [2.45, 2.75) is 25.3 Å². The van der Waals surface area contributed by atoms with Crippen LogP contribution in [0, 0.1) is 0 Å². The first-order valence-corrected chi connectivity index (χ1v) is 7.00. The molecule has 7 nitrogen and oxygen atoms in total. The molecular weight excluding hydrogens is 369 g/mol. The van der Waals surface area contributed by atoms with Crippen LogP contribution in [0.15, 0.2) is 4.99 Å². The van der Waals surface area contributed by atoms with Crippen LogP contribution in [0.3, 0.4) is 0 Å². The predicted molar refractivity (Wildman–Crippen MR) is 83.0 cm³/mol. The topological polar surface area (TPSA) is 105 Å². The molecular formula is C9H22IN5O2S. The molecule has 1 atom stereocenters. The Kier molecular flexibility index (Phi) is 7.40. The quantitative estimate of drug-likeness (QED) is 0.384. The Bertz CT molecular complexity index is 380. The van der Waals surface area contributed by atoms with Gasteiger partial charge >= 0.3 is 0 Å². The van der Waals surface area contributed by atoms with Crippen molar-refractivity contribution >= 4 is 40.1 Å². The summed E-state index contributed by atoms with van der Waals surface area (Å²) in [4.78, 5) is 3.92. The zero-order valence-corrected chi connectivity index (χ0v) is 13.9. The minimum atomic E-state index is -3.38. The van der Waals surface area contributed by atoms with E-state index in [2.05, 4.69) is 4.99 Å². The Morgan fingerprint density at radius 1 is 1.39 bits per heavy atom. The maximum absolute atomic E-state index is 12.1. The van der Waals surface area contributed by atoms with Gasteiger partial charge in [0.2, 0.25) is 0 Å². The average molecular weight is 391 g/mol. The van der Waals surface area contributed by atoms with Gasteiger partial charge in [0.25, 0.3) is 10.2 Å². The van der Waals surface area contributed by atoms with Crippen LogP contribution in [-0.2, 0) is 10.2 Å². The van der Waals surface area contributed by atoms with Crippen LogP contribution < -0.4 is 11.5 Å². The zero-order valence-electron chi connectivity index (χ0n) is 10.7. The molecule has 0 spiro atoms. The van der Waals surface area contributed by atoms with Gasteiger partial charge < -0.3 is 11.5 Å². The Morgan fingerprint density at radius 2 is 2.00 bits per heavy atom. The summed E-state index contributed by atoms with van der Waals surface area (Å²) in [5.74, 6) is -0.00206. The van der Waals surface area contributed by atoms with Crippen molar-refractivity contribution in [1.82, 2.24) is 8.61 Å². The van der Waals surface area contributed by atoms with Gasteiger partial charge in [0.1, 0.15) is 0 Å². The van der Waals surface area contributed by atoms with Crippen LogP contribution in [0.4, 0.5) is 0 Å². The van der Waals surface area contributed by atoms with E-state index in [1.165, 1.54) is 22.7 Å². The molecule has 1 saturated heterocycles. The lowest BCUT2D eigenvalue weighted by Gasteiger charge is -2.35. The molecule has 1 aliphatic heterocycles. The lowest BCUT2D eigenvalue weighted by Crippen LogP contribution is -2.50. The van der Waals surface area contributed by atoms with Crippen LogP contribution in [0.2, 0.25) is 0 Å². The van der Waals surface area contributed by atoms with E-state index in [0.29, 0.717) is 13.1 Å². The number of nitrogens with two attached hydrogens (primary N) is 2. The first kappa shape index (κ1) is 17.9. The molecule has 9 heteroatoms. The molecule has 0 amide bonds. The van der Waals surface area contributed by atoms with Gasteiger partial charge in [-0.05, 0) is 12.8 Å². The molecule has 108 valence electrons. The van der Waals surface area contributed by atoms with E-state index >= 15 is 0 Å². The SMILES string of the molecule is CN(C)S(=O)(=O)N1CCCCC1CN=C(N)N.I. The smallest absolute Gasteiger partial charge is 0.281 e. The van der Waals surface area contributed by atoms with Gasteiger partial charge in [-0.2, -0.15) is 17.0 Å². The molecule has 0 radical (unpaired) electrons. The lowest BCUT2D eigenvalue weighted by atomic mass is 10.1. The summed E-state index contributed by atoms with van der Waals surface area (Å²) in [7, 11) is -0.323. The first-order chi connectivity index (χ1) is 7.85. The van der Waals surface area contributed by atoms with E-state index in [-0.39, 0.29) is 36.0 Å². The van der Waals surface area contributed by atoms with Crippen LogP contribution in [0.25, 0.3) is 0 Å². The normalized spacial score (nSPS) is 21.4. The van der Waals surface area contributed by atoms with Crippen LogP contribution in [-0.4, -0.2) is 56.2 Å². The maximum atomic E-state index is 12.1. The molecule has 4 N–H and O–H groups in total. The summed E-state index contributed by atoms with van der Waals surface area (Å²) in [6, 6.07) is -0.141. The number of hydrogen-bond acceptors (Lipinski definition) is 3. The number of aliphatic imine (C=N–C) groups is 1. The number of hydrogen-bond donors (Lipinski definition) is 2. The molecule has 1 heterocycles. The molecule has 0 saturated carbocycles. The van der Waals surface area contributed by atoms with E-state index in [1.807, 2.05) is 0 Å². The van der Waals surface area contributed by atoms with Crippen molar-refractivity contribution in [2.75, 3.05) is 27.2 Å². The Hall–Kier alpha value is -0.130. The van der Waals surface area contributed by atoms with Crippen LogP contribution in [0.1, 0.15) is 19.3 Å². The largest absolute Gasteiger partial charge is 0.370 e. The summed E-state index contributed by atoms with van der Waals surface area (Å²) < 4.78 is 26.9. The van der Waals surface area contributed by atoms with E-state index in [0.717, 1.165) is 19.3 Å². The number of halogens is 1. The minimum Gasteiger partial charge on any atom is -0.370 e. The van der Waals surface area contributed by atoms with E-state index in [1.54, 1.807) is 0 Å². The monoisotopic (exact) mass is 391 g/mol. The number of rotatable bonds is 4. The second kappa shape index (κ2) is 7.46. The summed E-state index contributed by atoms with van der Waals surface area (Å²) >= 11 is 0. The fourth-order valence-corrected chi connectivity index (χ4v) is 3.21. The molecule has 18 heavy (non-hydrogen) atoms. The molecule has 1 unspecified atom stereocenters. The first-order valence-electron chi connectivity index (χ1n) is 5.60. The number of guanidine groups is 1. The molecule has 1 fully saturated rings. The molecule has 1 rings (SSSR count). The van der Waals surface area contributed by atoms with Crippen molar-refractivity contribution in [1.29, 1.82) is 0 Å². The fourth-order valence-electron chi connectivity index (χ4n) is 1.88. The second-order valence-electron chi connectivity index (χ2n) is 4.32. The third-order valence-corrected chi connectivity index (χ3v) is 4.81. The minimum absolute atomic E-state index is 0. The predicted octanol–water partition coefficient (Wildman–Crippen LogP) is -0.461. The van der Waals surface area contributed by atoms with Crippen LogP contribution in [0.5, 0.6) is 0 Å². The van der Waals surface area contributed by atoms with Crippen molar-refractivity contribution in [3.05, 3.63) is 0 Å². The Labute approximate surface area is 126 Å². The second-order valence-corrected chi connectivity index (χ2v) is 6.41. The third kappa shape index (κ3) is 4.52. The summed E-state index contributed by atoms with van der Waals surface area (Å²) in [5.41, 5.74) is 10.5. The average Bonchev–Trinajstić information content (AvgIpc) is 2.26. The Morgan fingerprint density at radius 3 is 2.50 bits per heavy atom. The molecule has 0 aromatic rings. The van der Waals surface area contributed by atoms with E-state index in [4.69, 9.17) is 11.5 Å². The van der Waals surface area contributed by atoms with Crippen molar-refractivity contribution in [3.63, 3.8) is 0 Å². The van der Waals surface area contributed by atoms with Gasteiger partial charge in [0.05, 0.1) is 6.54 Å². The van der Waals surface area contributed by atoms with E-state index < -0.39 is 10.2 Å². The summed E-state index contributed by atoms with van der Waals surface area (Å²) in [6.45, 7) is 0.862. The van der Waals surface area contributed by atoms with Gasteiger partial charge in [-0.1, -0.05) is 6.42 Å². The summed E-state index contributed by atoms with van der Waals surface area (Å²) in [6.07, 6.45) is 2.68. The van der Waals surface area contributed by atoms with Gasteiger partial charge in [-0.15, -0.1) is 24.0 Å².